The molecule has 0 aliphatic carbocycles. The number of piperidine rings is 1. The quantitative estimate of drug-likeness (QED) is 0.785. The molecule has 0 aromatic carbocycles. The first kappa shape index (κ1) is 10.6. The number of aromatic nitrogens is 1. The second-order valence-electron chi connectivity index (χ2n) is 4.19. The highest BCUT2D eigenvalue weighted by molar-refractivity contribution is 5.08. The smallest absolute Gasteiger partial charge is 0.0570 e. The summed E-state index contributed by atoms with van der Waals surface area (Å²) < 4.78 is 0. The number of pyridine rings is 1. The summed E-state index contributed by atoms with van der Waals surface area (Å²) in [5.41, 5.74) is 1.13. The van der Waals surface area contributed by atoms with Gasteiger partial charge in [-0.3, -0.25) is 4.98 Å². The molecule has 1 aromatic heterocycles. The van der Waals surface area contributed by atoms with E-state index >= 15 is 0 Å². The fourth-order valence-electron chi connectivity index (χ4n) is 2.07. The zero-order valence-electron chi connectivity index (χ0n) is 9.24. The molecule has 1 aromatic rings. The number of rotatable bonds is 3. The van der Waals surface area contributed by atoms with Gasteiger partial charge in [0.2, 0.25) is 0 Å². The lowest BCUT2D eigenvalue weighted by atomic mass is 10.1. The lowest BCUT2D eigenvalue weighted by Crippen LogP contribution is -2.44. The lowest BCUT2D eigenvalue weighted by molar-refractivity contribution is 0.359. The summed E-state index contributed by atoms with van der Waals surface area (Å²) >= 11 is 0. The Bertz CT molecular complexity index is 280. The summed E-state index contributed by atoms with van der Waals surface area (Å²) in [4.78, 5) is 4.36. The molecular formula is C12H19N3. The van der Waals surface area contributed by atoms with Gasteiger partial charge in [-0.05, 0) is 38.4 Å². The third-order valence-electron chi connectivity index (χ3n) is 2.91. The molecule has 0 bridgehead atoms. The number of nitrogens with zero attached hydrogens (tertiary/aromatic N) is 1. The Morgan fingerprint density at radius 3 is 3.13 bits per heavy atom. The second-order valence-corrected chi connectivity index (χ2v) is 4.19. The standard InChI is InChI=1S/C12H19N3/c1-10(12-6-2-3-8-14-12)15-11-5-4-7-13-9-11/h2-3,6,8,10-11,13,15H,4-5,7,9H2,1H3/t10-,11?/m0/s1. The van der Waals surface area contributed by atoms with Crippen molar-refractivity contribution in [2.24, 2.45) is 0 Å². The van der Waals surface area contributed by atoms with Gasteiger partial charge in [0, 0.05) is 24.8 Å². The summed E-state index contributed by atoms with van der Waals surface area (Å²) in [5.74, 6) is 0. The minimum absolute atomic E-state index is 0.344. The molecule has 15 heavy (non-hydrogen) atoms. The van der Waals surface area contributed by atoms with Crippen LogP contribution in [0.5, 0.6) is 0 Å². The molecule has 1 unspecified atom stereocenters. The molecule has 3 nitrogen and oxygen atoms in total. The highest BCUT2D eigenvalue weighted by Gasteiger charge is 2.16. The fourth-order valence-corrected chi connectivity index (χ4v) is 2.07. The highest BCUT2D eigenvalue weighted by atomic mass is 15.0. The average molecular weight is 205 g/mol. The van der Waals surface area contributed by atoms with Gasteiger partial charge in [0.15, 0.2) is 0 Å². The van der Waals surface area contributed by atoms with Crippen LogP contribution in [0.4, 0.5) is 0 Å². The van der Waals surface area contributed by atoms with Crippen molar-refractivity contribution in [3.05, 3.63) is 30.1 Å². The zero-order valence-corrected chi connectivity index (χ0v) is 9.24. The van der Waals surface area contributed by atoms with Crippen LogP contribution in [0.2, 0.25) is 0 Å². The van der Waals surface area contributed by atoms with Crippen molar-refractivity contribution in [1.29, 1.82) is 0 Å². The van der Waals surface area contributed by atoms with E-state index in [0.717, 1.165) is 18.8 Å². The Balaban J connectivity index is 1.88. The number of hydrogen-bond acceptors (Lipinski definition) is 3. The maximum Gasteiger partial charge on any atom is 0.0570 e. The first-order valence-corrected chi connectivity index (χ1v) is 5.74. The van der Waals surface area contributed by atoms with Crippen LogP contribution in [-0.2, 0) is 0 Å². The van der Waals surface area contributed by atoms with E-state index in [1.54, 1.807) is 0 Å². The summed E-state index contributed by atoms with van der Waals surface area (Å²) in [7, 11) is 0. The minimum Gasteiger partial charge on any atom is -0.315 e. The van der Waals surface area contributed by atoms with E-state index in [4.69, 9.17) is 0 Å². The van der Waals surface area contributed by atoms with Crippen LogP contribution in [0.3, 0.4) is 0 Å². The predicted molar refractivity (Wildman–Crippen MR) is 61.7 cm³/mol. The molecule has 3 heteroatoms. The van der Waals surface area contributed by atoms with Crippen LogP contribution < -0.4 is 10.6 Å². The molecule has 0 radical (unpaired) electrons. The fraction of sp³-hybridized carbons (Fsp3) is 0.583. The van der Waals surface area contributed by atoms with E-state index in [1.807, 2.05) is 18.3 Å². The summed E-state index contributed by atoms with van der Waals surface area (Å²) in [5, 5.41) is 7.02. The number of nitrogens with one attached hydrogen (secondary N) is 2. The molecule has 2 atom stereocenters. The Labute approximate surface area is 91.3 Å². The van der Waals surface area contributed by atoms with Gasteiger partial charge in [0.05, 0.1) is 5.69 Å². The van der Waals surface area contributed by atoms with Gasteiger partial charge in [-0.2, -0.15) is 0 Å². The van der Waals surface area contributed by atoms with Crippen LogP contribution in [0.15, 0.2) is 24.4 Å². The maximum absolute atomic E-state index is 4.36. The Morgan fingerprint density at radius 1 is 1.53 bits per heavy atom. The molecule has 1 fully saturated rings. The van der Waals surface area contributed by atoms with Crippen molar-refractivity contribution in [3.63, 3.8) is 0 Å². The van der Waals surface area contributed by atoms with Gasteiger partial charge in [0.25, 0.3) is 0 Å². The molecular weight excluding hydrogens is 186 g/mol. The van der Waals surface area contributed by atoms with Crippen LogP contribution >= 0.6 is 0 Å². The molecule has 2 heterocycles. The van der Waals surface area contributed by atoms with Gasteiger partial charge < -0.3 is 10.6 Å². The molecule has 1 aliphatic heterocycles. The summed E-state index contributed by atoms with van der Waals surface area (Å²) in [6.07, 6.45) is 4.39. The molecule has 82 valence electrons. The zero-order chi connectivity index (χ0) is 10.5. The van der Waals surface area contributed by atoms with E-state index < -0.39 is 0 Å². The highest BCUT2D eigenvalue weighted by Crippen LogP contribution is 2.11. The second kappa shape index (κ2) is 5.24. The van der Waals surface area contributed by atoms with Crippen LogP contribution in [0.1, 0.15) is 31.5 Å². The molecule has 1 aliphatic rings. The van der Waals surface area contributed by atoms with Crippen LogP contribution in [0, 0.1) is 0 Å². The van der Waals surface area contributed by atoms with E-state index in [1.165, 1.54) is 12.8 Å². The molecule has 0 saturated carbocycles. The van der Waals surface area contributed by atoms with E-state index in [2.05, 4.69) is 28.6 Å². The molecule has 0 amide bonds. The first-order valence-electron chi connectivity index (χ1n) is 5.74. The Kier molecular flexibility index (Phi) is 3.69. The SMILES string of the molecule is C[C@H](NC1CCCNC1)c1ccccn1. The first-order chi connectivity index (χ1) is 7.36. The van der Waals surface area contributed by atoms with E-state index in [-0.39, 0.29) is 0 Å². The van der Waals surface area contributed by atoms with Gasteiger partial charge in [-0.15, -0.1) is 0 Å². The number of hydrogen-bond donors (Lipinski definition) is 2. The van der Waals surface area contributed by atoms with Gasteiger partial charge >= 0.3 is 0 Å². The molecule has 0 spiro atoms. The van der Waals surface area contributed by atoms with Gasteiger partial charge in [0.1, 0.15) is 0 Å². The molecule has 1 saturated heterocycles. The predicted octanol–water partition coefficient (Wildman–Crippen LogP) is 1.48. The van der Waals surface area contributed by atoms with Crippen LogP contribution in [0.25, 0.3) is 0 Å². The van der Waals surface area contributed by atoms with Gasteiger partial charge in [-0.1, -0.05) is 6.07 Å². The molecule has 2 N–H and O–H groups in total. The Hall–Kier alpha value is -0.930. The van der Waals surface area contributed by atoms with Crippen molar-refractivity contribution in [2.45, 2.75) is 31.8 Å². The molecule has 2 rings (SSSR count). The van der Waals surface area contributed by atoms with Crippen molar-refractivity contribution < 1.29 is 0 Å². The van der Waals surface area contributed by atoms with Crippen molar-refractivity contribution in [1.82, 2.24) is 15.6 Å². The van der Waals surface area contributed by atoms with Crippen molar-refractivity contribution in [2.75, 3.05) is 13.1 Å². The topological polar surface area (TPSA) is 37.0 Å². The van der Waals surface area contributed by atoms with Crippen molar-refractivity contribution in [3.8, 4) is 0 Å². The Morgan fingerprint density at radius 2 is 2.47 bits per heavy atom. The van der Waals surface area contributed by atoms with E-state index in [0.29, 0.717) is 12.1 Å². The maximum atomic E-state index is 4.36. The lowest BCUT2D eigenvalue weighted by Gasteiger charge is -2.27. The third kappa shape index (κ3) is 3.01. The third-order valence-corrected chi connectivity index (χ3v) is 2.91. The normalized spacial score (nSPS) is 23.7. The summed E-state index contributed by atoms with van der Waals surface area (Å²) in [6.45, 7) is 4.42. The average Bonchev–Trinajstić information content (AvgIpc) is 2.31. The largest absolute Gasteiger partial charge is 0.315 e. The van der Waals surface area contributed by atoms with Gasteiger partial charge in [-0.25, -0.2) is 0 Å². The van der Waals surface area contributed by atoms with Crippen molar-refractivity contribution >= 4 is 0 Å². The minimum atomic E-state index is 0.344. The summed E-state index contributed by atoms with van der Waals surface area (Å²) in [6, 6.07) is 7.01. The monoisotopic (exact) mass is 205 g/mol. The van der Waals surface area contributed by atoms with E-state index in [9.17, 15) is 0 Å². The van der Waals surface area contributed by atoms with Crippen LogP contribution in [-0.4, -0.2) is 24.1 Å².